The van der Waals surface area contributed by atoms with Gasteiger partial charge in [0.25, 0.3) is 0 Å². The Hall–Kier alpha value is -2.07. The average Bonchev–Trinajstić information content (AvgIpc) is 2.66. The number of halogens is 4. The summed E-state index contributed by atoms with van der Waals surface area (Å²) in [5.74, 6) is -6.81. The third-order valence-electron chi connectivity index (χ3n) is 3.23. The van der Waals surface area contributed by atoms with Crippen LogP contribution in [0.3, 0.4) is 0 Å². The molecule has 1 aromatic carbocycles. The van der Waals surface area contributed by atoms with E-state index in [9.17, 15) is 22.7 Å². The van der Waals surface area contributed by atoms with Gasteiger partial charge in [0, 0.05) is 14.1 Å². The Morgan fingerprint density at radius 3 is 2.39 bits per heavy atom. The highest BCUT2D eigenvalue weighted by Crippen LogP contribution is 2.46. The number of benzene rings is 1. The van der Waals surface area contributed by atoms with Gasteiger partial charge in [-0.15, -0.1) is 0 Å². The zero-order valence-electron chi connectivity index (χ0n) is 11.9. The summed E-state index contributed by atoms with van der Waals surface area (Å²) in [5, 5.41) is 12.8. The van der Waals surface area contributed by atoms with E-state index in [2.05, 4.69) is 15.3 Å². The molecule has 2 N–H and O–H groups in total. The molecule has 0 aliphatic carbocycles. The molecule has 0 saturated heterocycles. The Morgan fingerprint density at radius 2 is 1.74 bits per heavy atom. The third kappa shape index (κ3) is 2.38. The van der Waals surface area contributed by atoms with Crippen molar-refractivity contribution in [1.29, 1.82) is 0 Å². The van der Waals surface area contributed by atoms with Crippen LogP contribution in [-0.2, 0) is 0 Å². The van der Waals surface area contributed by atoms with E-state index in [4.69, 9.17) is 0 Å². The summed E-state index contributed by atoms with van der Waals surface area (Å²) in [6, 6.07) is 0. The van der Waals surface area contributed by atoms with Gasteiger partial charge in [0.05, 0.1) is 10.5 Å². The maximum Gasteiger partial charge on any atom is 0.198 e. The third-order valence-corrected chi connectivity index (χ3v) is 4.33. The minimum Gasteiger partial charge on any atom is -0.369 e. The number of hydrogen-bond donors (Lipinski definition) is 2. The molecule has 122 valence electrons. The van der Waals surface area contributed by atoms with Gasteiger partial charge >= 0.3 is 0 Å². The van der Waals surface area contributed by atoms with Crippen LogP contribution in [0.15, 0.2) is 16.2 Å². The van der Waals surface area contributed by atoms with Gasteiger partial charge in [0.1, 0.15) is 17.0 Å². The second-order valence-electron chi connectivity index (χ2n) is 4.92. The molecule has 0 fully saturated rings. The van der Waals surface area contributed by atoms with Crippen molar-refractivity contribution in [2.45, 2.75) is 16.1 Å². The van der Waals surface area contributed by atoms with E-state index in [-0.39, 0.29) is 10.7 Å². The number of nitrogens with zero attached hydrogens (tertiary/aromatic N) is 3. The van der Waals surface area contributed by atoms with E-state index < -0.39 is 40.0 Å². The van der Waals surface area contributed by atoms with Crippen molar-refractivity contribution in [3.63, 3.8) is 0 Å². The molecule has 5 nitrogen and oxygen atoms in total. The lowest BCUT2D eigenvalue weighted by atomic mass is 10.1. The molecular weight excluding hydrogens is 336 g/mol. The molecule has 0 saturated carbocycles. The molecule has 1 aliphatic heterocycles. The first-order valence-corrected chi connectivity index (χ1v) is 7.15. The van der Waals surface area contributed by atoms with Crippen molar-refractivity contribution in [3.05, 3.63) is 35.2 Å². The van der Waals surface area contributed by atoms with Crippen LogP contribution in [0.5, 0.6) is 0 Å². The monoisotopic (exact) mass is 346 g/mol. The van der Waals surface area contributed by atoms with E-state index in [0.29, 0.717) is 17.6 Å². The summed E-state index contributed by atoms with van der Waals surface area (Å²) < 4.78 is 55.0. The molecule has 0 unspecified atom stereocenters. The molecule has 0 radical (unpaired) electrons. The number of nitrogens with one attached hydrogen (secondary N) is 1. The second-order valence-corrected chi connectivity index (χ2v) is 5.92. The van der Waals surface area contributed by atoms with Gasteiger partial charge < -0.3 is 15.3 Å². The number of aromatic nitrogens is 2. The number of hydrogen-bond acceptors (Lipinski definition) is 6. The summed E-state index contributed by atoms with van der Waals surface area (Å²) in [6.45, 7) is 0. The topological polar surface area (TPSA) is 61.3 Å². The van der Waals surface area contributed by atoms with Crippen molar-refractivity contribution in [3.8, 4) is 0 Å². The fourth-order valence-electron chi connectivity index (χ4n) is 2.18. The van der Waals surface area contributed by atoms with Gasteiger partial charge in [-0.2, -0.15) is 0 Å². The van der Waals surface area contributed by atoms with Crippen LogP contribution in [0.2, 0.25) is 0 Å². The van der Waals surface area contributed by atoms with Gasteiger partial charge in [0.15, 0.2) is 35.3 Å². The van der Waals surface area contributed by atoms with Crippen LogP contribution in [-0.4, -0.2) is 29.2 Å². The predicted octanol–water partition coefficient (Wildman–Crippen LogP) is 2.67. The van der Waals surface area contributed by atoms with E-state index in [1.807, 2.05) is 0 Å². The Morgan fingerprint density at radius 1 is 1.09 bits per heavy atom. The Bertz CT molecular complexity index is 802. The quantitative estimate of drug-likeness (QED) is 0.358. The zero-order chi connectivity index (χ0) is 16.9. The van der Waals surface area contributed by atoms with Crippen LogP contribution >= 0.6 is 11.8 Å². The molecule has 1 atom stereocenters. The number of rotatable bonds is 1. The van der Waals surface area contributed by atoms with Gasteiger partial charge in [0.2, 0.25) is 0 Å². The molecular formula is C13H10F4N4OS. The van der Waals surface area contributed by atoms with E-state index in [1.165, 1.54) is 6.33 Å². The lowest BCUT2D eigenvalue weighted by Crippen LogP contribution is -2.18. The Balaban J connectivity index is 2.27. The number of anilines is 2. The first-order valence-electron chi connectivity index (χ1n) is 6.33. The number of aliphatic hydroxyl groups is 1. The number of aliphatic hydroxyl groups excluding tert-OH is 1. The molecule has 0 amide bonds. The normalized spacial score (nSPS) is 16.2. The van der Waals surface area contributed by atoms with E-state index in [0.717, 1.165) is 0 Å². The maximum atomic E-state index is 14.0. The van der Waals surface area contributed by atoms with Crippen molar-refractivity contribution >= 4 is 23.3 Å². The average molecular weight is 346 g/mol. The van der Waals surface area contributed by atoms with E-state index in [1.54, 1.807) is 19.0 Å². The highest BCUT2D eigenvalue weighted by Gasteiger charge is 2.34. The first-order chi connectivity index (χ1) is 10.8. The van der Waals surface area contributed by atoms with Crippen LogP contribution in [0.25, 0.3) is 0 Å². The van der Waals surface area contributed by atoms with Crippen LogP contribution < -0.4 is 10.2 Å². The molecule has 2 heterocycles. The Kier molecular flexibility index (Phi) is 3.80. The zero-order valence-corrected chi connectivity index (χ0v) is 12.7. The lowest BCUT2D eigenvalue weighted by Gasteiger charge is -2.19. The highest BCUT2D eigenvalue weighted by molar-refractivity contribution is 7.99. The first kappa shape index (κ1) is 15.8. The smallest absolute Gasteiger partial charge is 0.198 e. The molecule has 23 heavy (non-hydrogen) atoms. The minimum atomic E-state index is -1.98. The fraction of sp³-hybridized carbons (Fsp3) is 0.231. The summed E-state index contributed by atoms with van der Waals surface area (Å²) in [5.41, 5.74) is -0.514. The minimum absolute atomic E-state index is 0.144. The van der Waals surface area contributed by atoms with Crippen molar-refractivity contribution < 1.29 is 22.7 Å². The van der Waals surface area contributed by atoms with Crippen molar-refractivity contribution in [2.75, 3.05) is 24.3 Å². The Labute approximate surface area is 132 Å². The second kappa shape index (κ2) is 5.53. The molecule has 1 aliphatic rings. The van der Waals surface area contributed by atoms with Crippen LogP contribution in [0.1, 0.15) is 11.8 Å². The van der Waals surface area contributed by atoms with Gasteiger partial charge in [-0.05, 0) is 0 Å². The van der Waals surface area contributed by atoms with E-state index >= 15 is 0 Å². The van der Waals surface area contributed by atoms with Crippen LogP contribution in [0.4, 0.5) is 29.1 Å². The highest BCUT2D eigenvalue weighted by atomic mass is 32.2. The summed E-state index contributed by atoms with van der Waals surface area (Å²) >= 11 is 0.580. The standard InChI is InChI=1S/C13H10F4N4OS/c1-21(2)11-9-13(19-3-18-11)23-10-4(12(22)20-9)5(14)6(15)7(16)8(10)17/h3,12,20,22H,1-2H3/t12-/m1/s1. The van der Waals surface area contributed by atoms with Gasteiger partial charge in [-0.25, -0.2) is 27.5 Å². The number of fused-ring (bicyclic) bond motifs is 2. The molecule has 0 spiro atoms. The summed E-state index contributed by atoms with van der Waals surface area (Å²) in [7, 11) is 3.33. The molecule has 0 bridgehead atoms. The van der Waals surface area contributed by atoms with Crippen molar-refractivity contribution in [2.24, 2.45) is 0 Å². The van der Waals surface area contributed by atoms with Gasteiger partial charge in [-0.1, -0.05) is 11.8 Å². The maximum absolute atomic E-state index is 14.0. The summed E-state index contributed by atoms with van der Waals surface area (Å²) in [4.78, 5) is 8.95. The van der Waals surface area contributed by atoms with Gasteiger partial charge in [-0.3, -0.25) is 0 Å². The SMILES string of the molecule is CN(C)c1ncnc2c1N[C@H](O)c1c(F)c(F)c(F)c(F)c1S2. The largest absolute Gasteiger partial charge is 0.369 e. The predicted molar refractivity (Wildman–Crippen MR) is 75.3 cm³/mol. The molecule has 1 aromatic heterocycles. The molecule has 3 rings (SSSR count). The molecule has 2 aromatic rings. The fourth-order valence-corrected chi connectivity index (χ4v) is 3.22. The molecule has 10 heteroatoms. The lowest BCUT2D eigenvalue weighted by molar-refractivity contribution is 0.195. The summed E-state index contributed by atoms with van der Waals surface area (Å²) in [6.07, 6.45) is -0.609. The van der Waals surface area contributed by atoms with Crippen molar-refractivity contribution in [1.82, 2.24) is 9.97 Å². The van der Waals surface area contributed by atoms with Crippen LogP contribution in [0, 0.1) is 23.3 Å².